The van der Waals surface area contributed by atoms with Gasteiger partial charge in [-0.05, 0) is 89.2 Å². The van der Waals surface area contributed by atoms with Gasteiger partial charge in [-0.2, -0.15) is 0 Å². The molecule has 0 aliphatic heterocycles. The largest absolute Gasteiger partial charge is 0.507 e. The van der Waals surface area contributed by atoms with Crippen LogP contribution in [0.25, 0.3) is 61.6 Å². The van der Waals surface area contributed by atoms with Gasteiger partial charge in [-0.15, -0.1) is 29.8 Å². The molecule has 4 nitrogen and oxygen atoms in total. The van der Waals surface area contributed by atoms with Crippen LogP contribution < -0.4 is 0 Å². The number of nitrogens with zero attached hydrogens (tertiary/aromatic N) is 3. The number of para-hydroxylation sites is 2. The predicted octanol–water partition coefficient (Wildman–Crippen LogP) is 12.1. The van der Waals surface area contributed by atoms with Crippen LogP contribution in [0.3, 0.4) is 0 Å². The van der Waals surface area contributed by atoms with E-state index in [1.54, 1.807) is 6.07 Å². The Morgan fingerprint density at radius 1 is 0.635 bits per heavy atom. The van der Waals surface area contributed by atoms with Gasteiger partial charge in [0.25, 0.3) is 0 Å². The van der Waals surface area contributed by atoms with Gasteiger partial charge in [0.15, 0.2) is 0 Å². The van der Waals surface area contributed by atoms with Crippen LogP contribution in [-0.4, -0.2) is 19.6 Å². The molecule has 0 spiro atoms. The van der Waals surface area contributed by atoms with Gasteiger partial charge in [0, 0.05) is 33.0 Å². The summed E-state index contributed by atoms with van der Waals surface area (Å²) in [5.74, 6) is 0.892. The molecular formula is C47H46N3OPt-. The minimum atomic E-state index is 0. The number of aromatic nitrogens is 3. The number of phenols is 1. The summed E-state index contributed by atoms with van der Waals surface area (Å²) < 4.78 is 2.20. The van der Waals surface area contributed by atoms with Crippen molar-refractivity contribution in [1.82, 2.24) is 14.5 Å². The fourth-order valence-corrected chi connectivity index (χ4v) is 7.10. The van der Waals surface area contributed by atoms with Crippen LogP contribution >= 0.6 is 0 Å². The molecule has 0 bridgehead atoms. The standard InChI is InChI=1S/C47H46N3O.Pt/c1-29-22-30(2)44(31(3)23-29)50-41-18-13-17-38(43(41)49-45(50)39-16-10-11-19-42(39)51)33-14-12-15-34(24-33)40-27-32(20-21-48-40)35-25-36(46(4,5)6)28-37(26-35)47(7,8)9;/h10-23,25-28,51H,1-9H3;/q-1;. The first-order chi connectivity index (χ1) is 24.2. The first-order valence-electron chi connectivity index (χ1n) is 17.7. The van der Waals surface area contributed by atoms with E-state index in [4.69, 9.17) is 9.97 Å². The molecule has 1 N–H and O–H groups in total. The fraction of sp³-hybridized carbons (Fsp3) is 0.234. The van der Waals surface area contributed by atoms with E-state index in [1.807, 2.05) is 24.4 Å². The number of imidazole rings is 1. The van der Waals surface area contributed by atoms with Crippen molar-refractivity contribution >= 4 is 11.0 Å². The maximum atomic E-state index is 11.0. The number of fused-ring (bicyclic) bond motifs is 1. The van der Waals surface area contributed by atoms with Gasteiger partial charge in [0.05, 0.1) is 22.3 Å². The van der Waals surface area contributed by atoms with E-state index in [0.717, 1.165) is 55.8 Å². The van der Waals surface area contributed by atoms with Crippen molar-refractivity contribution in [2.75, 3.05) is 0 Å². The van der Waals surface area contributed by atoms with E-state index >= 15 is 0 Å². The van der Waals surface area contributed by atoms with Gasteiger partial charge >= 0.3 is 0 Å². The summed E-state index contributed by atoms with van der Waals surface area (Å²) in [6.45, 7) is 20.0. The Morgan fingerprint density at radius 2 is 1.25 bits per heavy atom. The number of pyridine rings is 1. The van der Waals surface area contributed by atoms with Crippen LogP contribution in [0.15, 0.2) is 109 Å². The molecule has 0 radical (unpaired) electrons. The molecule has 0 aliphatic carbocycles. The van der Waals surface area contributed by atoms with E-state index in [0.29, 0.717) is 11.4 Å². The molecule has 0 saturated heterocycles. The van der Waals surface area contributed by atoms with E-state index in [1.165, 1.54) is 22.3 Å². The molecule has 0 atom stereocenters. The molecule has 0 unspecified atom stereocenters. The number of rotatable bonds is 5. The smallest absolute Gasteiger partial charge is 0.148 e. The zero-order valence-electron chi connectivity index (χ0n) is 31.5. The maximum Gasteiger partial charge on any atom is 0.148 e. The maximum absolute atomic E-state index is 11.0. The number of hydrogen-bond acceptors (Lipinski definition) is 3. The fourth-order valence-electron chi connectivity index (χ4n) is 7.10. The minimum absolute atomic E-state index is 0. The summed E-state index contributed by atoms with van der Waals surface area (Å²) in [4.78, 5) is 10.1. The topological polar surface area (TPSA) is 50.9 Å². The Balaban J connectivity index is 0.00000464. The van der Waals surface area contributed by atoms with Crippen molar-refractivity contribution in [2.45, 2.75) is 73.1 Å². The number of aryl methyl sites for hydroxylation is 3. The summed E-state index contributed by atoms with van der Waals surface area (Å²) in [6, 6.07) is 39.4. The van der Waals surface area contributed by atoms with E-state index < -0.39 is 0 Å². The molecule has 2 heterocycles. The van der Waals surface area contributed by atoms with Gasteiger partial charge in [-0.25, -0.2) is 4.98 Å². The van der Waals surface area contributed by atoms with Gasteiger partial charge in [-0.1, -0.05) is 119 Å². The SMILES string of the molecule is Cc1cc(C)c(-n2c(-c3ccccc3O)nc3c(-c4[c-]c(-c5cc(-c6cc(C(C)(C)C)cc(C(C)(C)C)c6)ccn5)ccc4)cccc32)c(C)c1.[Pt]. The average molecular weight is 864 g/mol. The summed E-state index contributed by atoms with van der Waals surface area (Å²) >= 11 is 0. The Hall–Kier alpha value is -4.79. The third kappa shape index (κ3) is 7.02. The average Bonchev–Trinajstić information content (AvgIpc) is 3.46. The van der Waals surface area contributed by atoms with Crippen LogP contribution in [0.1, 0.15) is 69.4 Å². The molecular weight excluding hydrogens is 818 g/mol. The second kappa shape index (κ2) is 14.0. The van der Waals surface area contributed by atoms with E-state index in [-0.39, 0.29) is 37.6 Å². The van der Waals surface area contributed by atoms with Crippen molar-refractivity contribution in [3.05, 3.63) is 143 Å². The Kier molecular flexibility index (Phi) is 9.94. The van der Waals surface area contributed by atoms with Gasteiger partial charge in [0.2, 0.25) is 0 Å². The zero-order valence-corrected chi connectivity index (χ0v) is 33.8. The first-order valence-corrected chi connectivity index (χ1v) is 17.7. The quantitative estimate of drug-likeness (QED) is 0.175. The molecule has 0 amide bonds. The summed E-state index contributed by atoms with van der Waals surface area (Å²) in [5, 5.41) is 11.0. The molecule has 2 aromatic heterocycles. The monoisotopic (exact) mass is 863 g/mol. The number of hydrogen-bond donors (Lipinski definition) is 1. The van der Waals surface area contributed by atoms with Crippen LogP contribution in [-0.2, 0) is 31.9 Å². The van der Waals surface area contributed by atoms with Gasteiger partial charge < -0.3 is 5.11 Å². The molecule has 266 valence electrons. The van der Waals surface area contributed by atoms with Crippen molar-refractivity contribution in [3.8, 4) is 56.3 Å². The van der Waals surface area contributed by atoms with Crippen molar-refractivity contribution in [1.29, 1.82) is 0 Å². The van der Waals surface area contributed by atoms with E-state index in [9.17, 15) is 5.11 Å². The van der Waals surface area contributed by atoms with Crippen molar-refractivity contribution < 1.29 is 26.2 Å². The molecule has 0 aliphatic rings. The molecule has 0 saturated carbocycles. The van der Waals surface area contributed by atoms with Gasteiger partial charge in [-0.3, -0.25) is 9.55 Å². The zero-order chi connectivity index (χ0) is 36.2. The second-order valence-corrected chi connectivity index (χ2v) is 15.9. The number of phenolic OH excluding ortho intramolecular Hbond substituents is 1. The molecule has 52 heavy (non-hydrogen) atoms. The minimum Gasteiger partial charge on any atom is -0.507 e. The summed E-state index contributed by atoms with van der Waals surface area (Å²) in [6.07, 6.45) is 1.90. The summed E-state index contributed by atoms with van der Waals surface area (Å²) in [5.41, 5.74) is 15.8. The Labute approximate surface area is 322 Å². The van der Waals surface area contributed by atoms with Crippen LogP contribution in [0.4, 0.5) is 0 Å². The first kappa shape index (κ1) is 37.0. The third-order valence-corrected chi connectivity index (χ3v) is 9.81. The predicted molar refractivity (Wildman–Crippen MR) is 213 cm³/mol. The molecule has 7 rings (SSSR count). The molecule has 5 aromatic carbocycles. The molecule has 5 heteroatoms. The normalized spacial score (nSPS) is 11.9. The second-order valence-electron chi connectivity index (χ2n) is 15.9. The van der Waals surface area contributed by atoms with Crippen LogP contribution in [0, 0.1) is 26.8 Å². The van der Waals surface area contributed by atoms with Gasteiger partial charge in [0.1, 0.15) is 11.6 Å². The van der Waals surface area contributed by atoms with Crippen LogP contribution in [0.5, 0.6) is 5.75 Å². The van der Waals surface area contributed by atoms with Crippen molar-refractivity contribution in [3.63, 3.8) is 0 Å². The van der Waals surface area contributed by atoms with E-state index in [2.05, 4.69) is 152 Å². The Bertz CT molecular complexity index is 2390. The number of aromatic hydroxyl groups is 1. The third-order valence-electron chi connectivity index (χ3n) is 9.81. The van der Waals surface area contributed by atoms with Crippen molar-refractivity contribution in [2.24, 2.45) is 0 Å². The molecule has 7 aromatic rings. The summed E-state index contributed by atoms with van der Waals surface area (Å²) in [7, 11) is 0. The van der Waals surface area contributed by atoms with Crippen LogP contribution in [0.2, 0.25) is 0 Å². The Morgan fingerprint density at radius 3 is 1.90 bits per heavy atom. The molecule has 0 fully saturated rings. The number of benzene rings is 5.